The summed E-state index contributed by atoms with van der Waals surface area (Å²) in [6.07, 6.45) is 79.9. The number of likely N-dealkylation sites (N-methyl/N-ethyl adjacent to an activating group) is 1. The fraction of sp³-hybridized carbons (Fsp3) is 0.773. The first-order valence-corrected chi connectivity index (χ1v) is 32.9. The van der Waals surface area contributed by atoms with E-state index in [9.17, 15) is 19.4 Å². The molecule has 3 unspecified atom stereocenters. The highest BCUT2D eigenvalue weighted by atomic mass is 31.2. The number of allylic oxidation sites excluding steroid dienone is 13. The number of rotatable bonds is 57. The fourth-order valence-corrected chi connectivity index (χ4v) is 9.67. The van der Waals surface area contributed by atoms with Crippen LogP contribution < -0.4 is 10.2 Å². The highest BCUT2D eigenvalue weighted by Gasteiger charge is 2.23. The van der Waals surface area contributed by atoms with Crippen molar-refractivity contribution in [3.8, 4) is 0 Å². The molecule has 3 atom stereocenters. The molecule has 0 saturated heterocycles. The molecule has 0 aliphatic heterocycles. The van der Waals surface area contributed by atoms with E-state index in [4.69, 9.17) is 9.05 Å². The van der Waals surface area contributed by atoms with Gasteiger partial charge in [-0.25, -0.2) is 0 Å². The van der Waals surface area contributed by atoms with Crippen molar-refractivity contribution in [1.29, 1.82) is 0 Å². The van der Waals surface area contributed by atoms with Crippen LogP contribution in [0.3, 0.4) is 0 Å². The summed E-state index contributed by atoms with van der Waals surface area (Å²) in [7, 11) is 1.24. The minimum absolute atomic E-state index is 0.00985. The summed E-state index contributed by atoms with van der Waals surface area (Å²) in [4.78, 5) is 25.5. The standard InChI is InChI=1S/C66H121N2O6P/c1-6-8-10-12-14-16-18-20-22-23-24-25-26-27-28-29-30-31-32-33-34-35-36-37-38-39-40-41-42-43-44-45-46-48-50-52-54-56-58-60-66(70)67-64(63-74-75(71,72)73-62-61-68(3,4)5)65(69)59-57-55-53-51-49-47-21-19-17-15-13-11-9-7-2/h8,10,14,16-17,19-20,22,24-25,49,51,57,59,64-65,69H,6-7,9,11-13,15,18,21,23,26-48,50,52-56,58,60-63H2,1-5H3,(H-,67,70,71,72)/b10-8-,16-14-,19-17+,22-20-,25-24-,51-49+,59-57+. The van der Waals surface area contributed by atoms with Crippen LogP contribution in [0, 0.1) is 0 Å². The Morgan fingerprint density at radius 2 is 0.827 bits per heavy atom. The molecular formula is C66H121N2O6P. The highest BCUT2D eigenvalue weighted by Crippen LogP contribution is 2.38. The number of amides is 1. The predicted molar refractivity (Wildman–Crippen MR) is 325 cm³/mol. The molecular weight excluding hydrogens is 948 g/mol. The maximum Gasteiger partial charge on any atom is 0.268 e. The zero-order valence-electron chi connectivity index (χ0n) is 49.7. The van der Waals surface area contributed by atoms with Crippen LogP contribution in [0.5, 0.6) is 0 Å². The van der Waals surface area contributed by atoms with Crippen LogP contribution in [-0.4, -0.2) is 68.5 Å². The molecule has 0 aromatic rings. The van der Waals surface area contributed by atoms with Crippen LogP contribution in [0.1, 0.15) is 277 Å². The smallest absolute Gasteiger partial charge is 0.268 e. The lowest BCUT2D eigenvalue weighted by atomic mass is 10.0. The maximum absolute atomic E-state index is 13.0. The molecule has 0 rings (SSSR count). The molecule has 0 fully saturated rings. The maximum atomic E-state index is 13.0. The van der Waals surface area contributed by atoms with Crippen LogP contribution in [-0.2, 0) is 18.4 Å². The second-order valence-electron chi connectivity index (χ2n) is 22.4. The molecule has 0 spiro atoms. The van der Waals surface area contributed by atoms with Crippen molar-refractivity contribution in [2.24, 2.45) is 0 Å². The number of phosphoric acid groups is 1. The summed E-state index contributed by atoms with van der Waals surface area (Å²) < 4.78 is 23.3. The van der Waals surface area contributed by atoms with Gasteiger partial charge in [0.2, 0.25) is 5.91 Å². The first-order valence-electron chi connectivity index (χ1n) is 31.4. The Morgan fingerprint density at radius 3 is 1.24 bits per heavy atom. The van der Waals surface area contributed by atoms with E-state index < -0.39 is 26.6 Å². The van der Waals surface area contributed by atoms with Crippen molar-refractivity contribution in [2.75, 3.05) is 40.9 Å². The monoisotopic (exact) mass is 1070 g/mol. The summed E-state index contributed by atoms with van der Waals surface area (Å²) in [6.45, 7) is 4.49. The lowest BCUT2D eigenvalue weighted by Crippen LogP contribution is -2.45. The topological polar surface area (TPSA) is 108 Å². The molecule has 0 saturated carbocycles. The highest BCUT2D eigenvalue weighted by molar-refractivity contribution is 7.45. The van der Waals surface area contributed by atoms with E-state index in [1.54, 1.807) is 6.08 Å². The minimum Gasteiger partial charge on any atom is -0.756 e. The number of hydrogen-bond acceptors (Lipinski definition) is 6. The Balaban J connectivity index is 3.93. The van der Waals surface area contributed by atoms with Gasteiger partial charge < -0.3 is 28.8 Å². The molecule has 0 bridgehead atoms. The van der Waals surface area contributed by atoms with Crippen molar-refractivity contribution in [2.45, 2.75) is 289 Å². The molecule has 9 heteroatoms. The molecule has 0 radical (unpaired) electrons. The third-order valence-electron chi connectivity index (χ3n) is 13.8. The Hall–Kier alpha value is -2.32. The lowest BCUT2D eigenvalue weighted by Gasteiger charge is -2.29. The second kappa shape index (κ2) is 56.4. The van der Waals surface area contributed by atoms with Gasteiger partial charge in [0.05, 0.1) is 39.9 Å². The van der Waals surface area contributed by atoms with Gasteiger partial charge in [-0.1, -0.05) is 272 Å². The molecule has 8 nitrogen and oxygen atoms in total. The van der Waals surface area contributed by atoms with Gasteiger partial charge >= 0.3 is 0 Å². The SMILES string of the molecule is CC/C=C\C/C=C\C/C=C\C/C=C\CCCCCCCCCCCCCCCCCCCCCCCCCCCCC(=O)NC(COP(=O)([O-])OCC[N+](C)(C)C)C(O)/C=C/CC/C=C/CC/C=C/CCCCCC. The van der Waals surface area contributed by atoms with Crippen LogP contribution in [0.4, 0.5) is 0 Å². The Morgan fingerprint density at radius 1 is 0.480 bits per heavy atom. The van der Waals surface area contributed by atoms with Gasteiger partial charge in [-0.15, -0.1) is 0 Å². The van der Waals surface area contributed by atoms with E-state index in [1.807, 2.05) is 27.2 Å². The van der Waals surface area contributed by atoms with Crippen molar-refractivity contribution < 1.29 is 32.9 Å². The molecule has 0 aliphatic rings. The van der Waals surface area contributed by atoms with Gasteiger partial charge in [-0.2, -0.15) is 0 Å². The van der Waals surface area contributed by atoms with Crippen molar-refractivity contribution in [1.82, 2.24) is 5.32 Å². The van der Waals surface area contributed by atoms with Crippen molar-refractivity contribution in [3.05, 3.63) is 85.1 Å². The van der Waals surface area contributed by atoms with Gasteiger partial charge in [0, 0.05) is 6.42 Å². The van der Waals surface area contributed by atoms with Crippen LogP contribution >= 0.6 is 7.82 Å². The number of carbonyl (C=O) groups excluding carboxylic acids is 1. The molecule has 75 heavy (non-hydrogen) atoms. The minimum atomic E-state index is -4.61. The average Bonchev–Trinajstić information content (AvgIpc) is 3.37. The summed E-state index contributed by atoms with van der Waals surface area (Å²) >= 11 is 0. The van der Waals surface area contributed by atoms with Gasteiger partial charge in [-0.3, -0.25) is 9.36 Å². The Kier molecular flexibility index (Phi) is 54.7. The van der Waals surface area contributed by atoms with Gasteiger partial charge in [0.15, 0.2) is 0 Å². The number of nitrogens with one attached hydrogen (secondary N) is 1. The third-order valence-corrected chi connectivity index (χ3v) is 14.8. The number of hydrogen-bond donors (Lipinski definition) is 2. The zero-order chi connectivity index (χ0) is 54.9. The molecule has 436 valence electrons. The first-order chi connectivity index (χ1) is 36.5. The quantitative estimate of drug-likeness (QED) is 0.0272. The number of nitrogens with zero attached hydrogens (tertiary/aromatic N) is 1. The molecule has 2 N–H and O–H groups in total. The number of aliphatic hydroxyl groups is 1. The Bertz CT molecular complexity index is 1500. The number of quaternary nitrogens is 1. The van der Waals surface area contributed by atoms with Crippen LogP contribution in [0.2, 0.25) is 0 Å². The number of carbonyl (C=O) groups is 1. The van der Waals surface area contributed by atoms with Crippen molar-refractivity contribution in [3.63, 3.8) is 0 Å². The third kappa shape index (κ3) is 59.2. The zero-order valence-corrected chi connectivity index (χ0v) is 50.6. The number of unbranched alkanes of at least 4 members (excludes halogenated alkanes) is 32. The number of aliphatic hydroxyl groups excluding tert-OH is 1. The van der Waals surface area contributed by atoms with E-state index in [0.29, 0.717) is 17.4 Å². The molecule has 0 heterocycles. The van der Waals surface area contributed by atoms with Gasteiger partial charge in [0.1, 0.15) is 13.2 Å². The molecule has 0 aromatic heterocycles. The Labute approximate surface area is 465 Å². The van der Waals surface area contributed by atoms with Crippen LogP contribution in [0.15, 0.2) is 85.1 Å². The molecule has 0 aliphatic carbocycles. The summed E-state index contributed by atoms with van der Waals surface area (Å²) in [5.41, 5.74) is 0. The van der Waals surface area contributed by atoms with E-state index >= 15 is 0 Å². The first kappa shape index (κ1) is 72.7. The van der Waals surface area contributed by atoms with E-state index in [1.165, 1.54) is 180 Å². The lowest BCUT2D eigenvalue weighted by molar-refractivity contribution is -0.870. The van der Waals surface area contributed by atoms with E-state index in [-0.39, 0.29) is 12.5 Å². The summed E-state index contributed by atoms with van der Waals surface area (Å²) in [6, 6.07) is -0.910. The van der Waals surface area contributed by atoms with Crippen LogP contribution in [0.25, 0.3) is 0 Å². The molecule has 1 amide bonds. The van der Waals surface area contributed by atoms with Crippen molar-refractivity contribution >= 4 is 13.7 Å². The fourth-order valence-electron chi connectivity index (χ4n) is 8.94. The van der Waals surface area contributed by atoms with E-state index in [2.05, 4.69) is 92.1 Å². The number of phosphoric ester groups is 1. The predicted octanol–water partition coefficient (Wildman–Crippen LogP) is 19.0. The van der Waals surface area contributed by atoms with Gasteiger partial charge in [-0.05, 0) is 83.5 Å². The summed E-state index contributed by atoms with van der Waals surface area (Å²) in [5, 5.41) is 13.8. The summed E-state index contributed by atoms with van der Waals surface area (Å²) in [5.74, 6) is -0.210. The second-order valence-corrected chi connectivity index (χ2v) is 23.8. The average molecular weight is 1070 g/mol. The normalized spacial score (nSPS) is 14.4. The molecule has 0 aromatic carbocycles. The van der Waals surface area contributed by atoms with E-state index in [0.717, 1.165) is 77.0 Å². The largest absolute Gasteiger partial charge is 0.756 e. The van der Waals surface area contributed by atoms with Gasteiger partial charge in [0.25, 0.3) is 7.82 Å².